The number of rotatable bonds is 5. The van der Waals surface area contributed by atoms with Crippen LogP contribution in [0.1, 0.15) is 27.0 Å². The van der Waals surface area contributed by atoms with Gasteiger partial charge in [-0.05, 0) is 35.7 Å². The van der Waals surface area contributed by atoms with Crippen LogP contribution in [-0.2, 0) is 27.0 Å². The number of methoxy groups -OCH3 is 1. The first-order chi connectivity index (χ1) is 10.1. The van der Waals surface area contributed by atoms with Crippen molar-refractivity contribution in [3.63, 3.8) is 0 Å². The van der Waals surface area contributed by atoms with E-state index in [9.17, 15) is 9.00 Å². The predicted octanol–water partition coefficient (Wildman–Crippen LogP) is 3.23. The van der Waals surface area contributed by atoms with E-state index in [1.807, 2.05) is 43.3 Å². The Hall–Kier alpha value is -1.94. The molecule has 0 aliphatic carbocycles. The molecule has 0 aromatic heterocycles. The van der Waals surface area contributed by atoms with Gasteiger partial charge in [-0.3, -0.25) is 4.21 Å². The first-order valence-corrected chi connectivity index (χ1v) is 8.15. The summed E-state index contributed by atoms with van der Waals surface area (Å²) < 4.78 is 16.9. The van der Waals surface area contributed by atoms with Gasteiger partial charge < -0.3 is 4.74 Å². The lowest BCUT2D eigenvalue weighted by Crippen LogP contribution is -2.03. The van der Waals surface area contributed by atoms with Gasteiger partial charge in [0.2, 0.25) is 0 Å². The van der Waals surface area contributed by atoms with Crippen LogP contribution in [0, 0.1) is 6.92 Å². The van der Waals surface area contributed by atoms with Crippen molar-refractivity contribution in [1.29, 1.82) is 0 Å². The van der Waals surface area contributed by atoms with Gasteiger partial charge in [0, 0.05) is 22.3 Å². The molecular formula is C17H18O3S. The molecule has 0 fully saturated rings. The molecule has 0 spiro atoms. The summed E-state index contributed by atoms with van der Waals surface area (Å²) in [6, 6.07) is 15.0. The number of carbonyl (C=O) groups is 1. The van der Waals surface area contributed by atoms with Gasteiger partial charge in [0.1, 0.15) is 0 Å². The molecule has 0 N–H and O–H groups in total. The molecule has 2 aromatic carbocycles. The lowest BCUT2D eigenvalue weighted by atomic mass is 10.1. The summed E-state index contributed by atoms with van der Waals surface area (Å²) in [6.07, 6.45) is 0. The zero-order chi connectivity index (χ0) is 15.2. The summed E-state index contributed by atoms with van der Waals surface area (Å²) >= 11 is 0. The molecule has 4 heteroatoms. The number of hydrogen-bond acceptors (Lipinski definition) is 3. The molecule has 2 rings (SSSR count). The normalized spacial score (nSPS) is 11.9. The molecule has 0 radical (unpaired) electrons. The van der Waals surface area contributed by atoms with E-state index in [1.54, 1.807) is 12.1 Å². The van der Waals surface area contributed by atoms with Gasteiger partial charge in [-0.15, -0.1) is 0 Å². The largest absolute Gasteiger partial charge is 0.465 e. The molecule has 0 amide bonds. The Bertz CT molecular complexity index is 647. The standard InChI is InChI=1S/C17H18O3S/c1-13-5-3-4-6-16(13)12-21(19)11-14-7-9-15(10-8-14)17(18)20-2/h3-10H,11-12H2,1-2H3. The van der Waals surface area contributed by atoms with Gasteiger partial charge in [0.15, 0.2) is 0 Å². The second-order valence-corrected chi connectivity index (χ2v) is 6.30. The van der Waals surface area contributed by atoms with Crippen molar-refractivity contribution in [3.05, 3.63) is 70.8 Å². The maximum absolute atomic E-state index is 12.2. The molecule has 2 aromatic rings. The van der Waals surface area contributed by atoms with Gasteiger partial charge in [0.05, 0.1) is 12.7 Å². The van der Waals surface area contributed by atoms with Crippen molar-refractivity contribution < 1.29 is 13.7 Å². The number of benzene rings is 2. The van der Waals surface area contributed by atoms with Crippen molar-refractivity contribution in [2.24, 2.45) is 0 Å². The average Bonchev–Trinajstić information content (AvgIpc) is 2.49. The molecule has 0 heterocycles. The lowest BCUT2D eigenvalue weighted by molar-refractivity contribution is 0.0600. The van der Waals surface area contributed by atoms with Crippen LogP contribution in [-0.4, -0.2) is 17.3 Å². The second kappa shape index (κ2) is 7.18. The first kappa shape index (κ1) is 15.4. The molecule has 110 valence electrons. The van der Waals surface area contributed by atoms with E-state index in [4.69, 9.17) is 0 Å². The quantitative estimate of drug-likeness (QED) is 0.796. The van der Waals surface area contributed by atoms with E-state index in [2.05, 4.69) is 4.74 Å². The molecule has 21 heavy (non-hydrogen) atoms. The van der Waals surface area contributed by atoms with Crippen LogP contribution in [0.5, 0.6) is 0 Å². The van der Waals surface area contributed by atoms with Crippen molar-refractivity contribution in [2.75, 3.05) is 7.11 Å². The maximum atomic E-state index is 12.2. The topological polar surface area (TPSA) is 43.4 Å². The summed E-state index contributed by atoms with van der Waals surface area (Å²) in [7, 11) is 0.387. The summed E-state index contributed by atoms with van der Waals surface area (Å²) in [5.74, 6) is 0.670. The molecule has 0 bridgehead atoms. The molecule has 0 saturated heterocycles. The fourth-order valence-electron chi connectivity index (χ4n) is 2.04. The van der Waals surface area contributed by atoms with Gasteiger partial charge in [-0.1, -0.05) is 36.4 Å². The molecular weight excluding hydrogens is 284 g/mol. The number of carbonyl (C=O) groups excluding carboxylic acids is 1. The van der Waals surface area contributed by atoms with Crippen LogP contribution >= 0.6 is 0 Å². The Morgan fingerprint density at radius 3 is 2.33 bits per heavy atom. The summed E-state index contributed by atoms with van der Waals surface area (Å²) in [5.41, 5.74) is 3.73. The molecule has 0 aliphatic rings. The summed E-state index contributed by atoms with van der Waals surface area (Å²) in [5, 5.41) is 0. The Morgan fingerprint density at radius 2 is 1.71 bits per heavy atom. The Labute approximate surface area is 127 Å². The lowest BCUT2D eigenvalue weighted by Gasteiger charge is -2.06. The first-order valence-electron chi connectivity index (χ1n) is 6.67. The van der Waals surface area contributed by atoms with E-state index in [-0.39, 0.29) is 5.97 Å². The predicted molar refractivity (Wildman–Crippen MR) is 84.5 cm³/mol. The number of ether oxygens (including phenoxy) is 1. The highest BCUT2D eigenvalue weighted by atomic mass is 32.2. The minimum atomic E-state index is -0.968. The van der Waals surface area contributed by atoms with E-state index >= 15 is 0 Å². The van der Waals surface area contributed by atoms with E-state index in [0.29, 0.717) is 17.1 Å². The Morgan fingerprint density at radius 1 is 1.05 bits per heavy atom. The summed E-state index contributed by atoms with van der Waals surface area (Å²) in [4.78, 5) is 11.3. The highest BCUT2D eigenvalue weighted by Gasteiger charge is 2.08. The minimum absolute atomic E-state index is 0.359. The Kier molecular flexibility index (Phi) is 5.28. The van der Waals surface area contributed by atoms with Crippen LogP contribution in [0.2, 0.25) is 0 Å². The van der Waals surface area contributed by atoms with Gasteiger partial charge in [-0.25, -0.2) is 4.79 Å². The second-order valence-electron chi connectivity index (χ2n) is 4.84. The minimum Gasteiger partial charge on any atom is -0.465 e. The molecule has 1 unspecified atom stereocenters. The van der Waals surface area contributed by atoms with Crippen molar-refractivity contribution >= 4 is 16.8 Å². The third kappa shape index (κ3) is 4.26. The highest BCUT2D eigenvalue weighted by Crippen LogP contribution is 2.13. The molecule has 1 atom stereocenters. The monoisotopic (exact) mass is 302 g/mol. The number of hydrogen-bond donors (Lipinski definition) is 0. The fraction of sp³-hybridized carbons (Fsp3) is 0.235. The Balaban J connectivity index is 2.00. The van der Waals surface area contributed by atoms with E-state index in [0.717, 1.165) is 16.7 Å². The zero-order valence-corrected chi connectivity index (χ0v) is 13.0. The van der Waals surface area contributed by atoms with Crippen molar-refractivity contribution in [1.82, 2.24) is 0 Å². The van der Waals surface area contributed by atoms with Crippen LogP contribution in [0.3, 0.4) is 0 Å². The number of aryl methyl sites for hydroxylation is 1. The molecule has 3 nitrogen and oxygen atoms in total. The third-order valence-corrected chi connectivity index (χ3v) is 4.57. The van der Waals surface area contributed by atoms with Crippen molar-refractivity contribution in [3.8, 4) is 0 Å². The third-order valence-electron chi connectivity index (χ3n) is 3.28. The highest BCUT2D eigenvalue weighted by molar-refractivity contribution is 7.83. The smallest absolute Gasteiger partial charge is 0.337 e. The average molecular weight is 302 g/mol. The fourth-order valence-corrected chi connectivity index (χ4v) is 3.37. The van der Waals surface area contributed by atoms with E-state index < -0.39 is 10.8 Å². The molecule has 0 aliphatic heterocycles. The van der Waals surface area contributed by atoms with Gasteiger partial charge in [0.25, 0.3) is 0 Å². The zero-order valence-electron chi connectivity index (χ0n) is 12.2. The van der Waals surface area contributed by atoms with Gasteiger partial charge in [-0.2, -0.15) is 0 Å². The van der Waals surface area contributed by atoms with Gasteiger partial charge >= 0.3 is 5.97 Å². The van der Waals surface area contributed by atoms with E-state index in [1.165, 1.54) is 7.11 Å². The van der Waals surface area contributed by atoms with Crippen LogP contribution in [0.15, 0.2) is 48.5 Å². The van der Waals surface area contributed by atoms with Crippen molar-refractivity contribution in [2.45, 2.75) is 18.4 Å². The number of esters is 1. The van der Waals surface area contributed by atoms with Crippen LogP contribution in [0.4, 0.5) is 0 Å². The van der Waals surface area contributed by atoms with Crippen LogP contribution in [0.25, 0.3) is 0 Å². The summed E-state index contributed by atoms with van der Waals surface area (Å²) in [6.45, 7) is 2.03. The SMILES string of the molecule is COC(=O)c1ccc(CS(=O)Cc2ccccc2C)cc1. The van der Waals surface area contributed by atoms with Crippen LogP contribution < -0.4 is 0 Å². The molecule has 0 saturated carbocycles. The maximum Gasteiger partial charge on any atom is 0.337 e.